The molecule has 306 valence electrons. The first-order valence-corrected chi connectivity index (χ1v) is 23.8. The lowest BCUT2D eigenvalue weighted by Crippen LogP contribution is -2.31. The highest BCUT2D eigenvalue weighted by molar-refractivity contribution is 6.28. The Kier molecular flexibility index (Phi) is 9.69. The molecule has 2 nitrogen and oxygen atoms in total. The smallest absolute Gasteiger partial charge is 0.0560 e. The molecule has 2 saturated carbocycles. The van der Waals surface area contributed by atoms with E-state index in [0.717, 1.165) is 19.3 Å². The number of benzene rings is 8. The predicted molar refractivity (Wildman–Crippen MR) is 266 cm³/mol. The van der Waals surface area contributed by atoms with Crippen LogP contribution in [0.4, 0.5) is 28.4 Å². The fourth-order valence-corrected chi connectivity index (χ4v) is 12.0. The van der Waals surface area contributed by atoms with Crippen LogP contribution in [0.1, 0.15) is 99.7 Å². The maximum atomic E-state index is 2.70. The largest absolute Gasteiger partial charge is 0.333 e. The second kappa shape index (κ2) is 16.0. The summed E-state index contributed by atoms with van der Waals surface area (Å²) >= 11 is 0. The average Bonchev–Trinajstić information content (AvgIpc) is 3.35. The molecule has 0 N–H and O–H groups in total. The van der Waals surface area contributed by atoms with E-state index in [9.17, 15) is 0 Å². The number of aryl methyl sites for hydroxylation is 1. The van der Waals surface area contributed by atoms with Crippen molar-refractivity contribution in [2.45, 2.75) is 95.4 Å². The molecule has 0 spiro atoms. The minimum atomic E-state index is 0.219. The van der Waals surface area contributed by atoms with E-state index in [4.69, 9.17) is 0 Å². The SMILES string of the molecule is C1=Cc2c(cccc2N(c2ccc3ccc4c(N(c5ccc(C6CCCCC6)cc5)c5cccc6ccccc56)ccc5ccc2c3c54)C2C=CC(C3CCCCC3)=CC2)CC1. The van der Waals surface area contributed by atoms with Crippen LogP contribution in [0.15, 0.2) is 163 Å². The molecule has 0 radical (unpaired) electrons. The Balaban J connectivity index is 1.04. The van der Waals surface area contributed by atoms with Crippen LogP contribution in [-0.4, -0.2) is 6.04 Å². The summed E-state index contributed by atoms with van der Waals surface area (Å²) in [6.07, 6.45) is 29.1. The molecule has 0 aromatic heterocycles. The monoisotopic (exact) mass is 804 g/mol. The predicted octanol–water partition coefficient (Wildman–Crippen LogP) is 17.2. The Morgan fingerprint density at radius 3 is 1.87 bits per heavy atom. The summed E-state index contributed by atoms with van der Waals surface area (Å²) in [5.41, 5.74) is 12.1. The highest BCUT2D eigenvalue weighted by Crippen LogP contribution is 2.49. The van der Waals surface area contributed by atoms with E-state index in [0.29, 0.717) is 11.8 Å². The van der Waals surface area contributed by atoms with Crippen molar-refractivity contribution in [2.75, 3.05) is 9.80 Å². The summed E-state index contributed by atoms with van der Waals surface area (Å²) in [6, 6.07) is 51.6. The van der Waals surface area contributed by atoms with Crippen LogP contribution in [0.5, 0.6) is 0 Å². The molecule has 0 saturated heterocycles. The fraction of sp³-hybridized carbons (Fsp3) is 0.267. The first-order valence-electron chi connectivity index (χ1n) is 23.8. The van der Waals surface area contributed by atoms with Gasteiger partial charge in [0.2, 0.25) is 0 Å². The van der Waals surface area contributed by atoms with E-state index >= 15 is 0 Å². The van der Waals surface area contributed by atoms with Gasteiger partial charge < -0.3 is 9.80 Å². The lowest BCUT2D eigenvalue weighted by Gasteiger charge is -2.37. The molecule has 4 aliphatic carbocycles. The van der Waals surface area contributed by atoms with E-state index in [1.54, 1.807) is 5.57 Å². The van der Waals surface area contributed by atoms with Crippen molar-refractivity contribution in [3.63, 3.8) is 0 Å². The molecule has 1 atom stereocenters. The number of hydrogen-bond acceptors (Lipinski definition) is 2. The Morgan fingerprint density at radius 1 is 0.468 bits per heavy atom. The lowest BCUT2D eigenvalue weighted by molar-refractivity contribution is 0.406. The lowest BCUT2D eigenvalue weighted by atomic mass is 9.81. The zero-order valence-corrected chi connectivity index (χ0v) is 35.9. The number of nitrogens with zero attached hydrogens (tertiary/aromatic N) is 2. The van der Waals surface area contributed by atoms with Gasteiger partial charge in [-0.3, -0.25) is 0 Å². The van der Waals surface area contributed by atoms with Crippen molar-refractivity contribution in [2.24, 2.45) is 5.92 Å². The van der Waals surface area contributed by atoms with Crippen molar-refractivity contribution < 1.29 is 0 Å². The summed E-state index contributed by atoms with van der Waals surface area (Å²) < 4.78 is 0. The van der Waals surface area contributed by atoms with Gasteiger partial charge in [0, 0.05) is 38.8 Å². The maximum absolute atomic E-state index is 2.70. The maximum Gasteiger partial charge on any atom is 0.0560 e. The molecule has 0 bridgehead atoms. The molecule has 0 amide bonds. The first-order chi connectivity index (χ1) is 30.8. The van der Waals surface area contributed by atoms with Gasteiger partial charge in [0.15, 0.2) is 0 Å². The standard InChI is InChI=1S/C60H56N2/c1-3-13-41(14-4-1)43-25-33-49(34-26-43)61(55-23-11-19-45-17-7-9-21-51(45)55)57-39-31-47-30-38-54-58(40-32-48-29-37-53(57)59(47)60(48)54)62(56-24-12-20-46-18-8-10-22-52(46)56)50-35-27-44(28-36-50)42-15-5-2-6-16-42/h7,9-12,17,19-35,37-42,50H,1-6,8,13-16,18,36H2. The number of anilines is 5. The normalized spacial score (nSPS) is 18.5. The van der Waals surface area contributed by atoms with Crippen molar-refractivity contribution in [3.05, 3.63) is 180 Å². The van der Waals surface area contributed by atoms with Gasteiger partial charge in [0.25, 0.3) is 0 Å². The average molecular weight is 805 g/mol. The minimum absolute atomic E-state index is 0.219. The van der Waals surface area contributed by atoms with E-state index in [1.807, 2.05) is 0 Å². The highest BCUT2D eigenvalue weighted by Gasteiger charge is 2.28. The van der Waals surface area contributed by atoms with Crippen LogP contribution in [0, 0.1) is 5.92 Å². The van der Waals surface area contributed by atoms with Gasteiger partial charge in [-0.2, -0.15) is 0 Å². The van der Waals surface area contributed by atoms with E-state index < -0.39 is 0 Å². The molecule has 0 heterocycles. The molecule has 12 rings (SSSR count). The van der Waals surface area contributed by atoms with Gasteiger partial charge in [-0.05, 0) is 137 Å². The van der Waals surface area contributed by atoms with Crippen molar-refractivity contribution in [1.29, 1.82) is 0 Å². The summed E-state index contributed by atoms with van der Waals surface area (Å²) in [5, 5.41) is 10.4. The number of rotatable bonds is 8. The topological polar surface area (TPSA) is 6.48 Å². The zero-order chi connectivity index (χ0) is 41.0. The molecule has 2 heteroatoms. The Hall–Kier alpha value is -6.12. The Labute approximate surface area is 367 Å². The first kappa shape index (κ1) is 37.6. The van der Waals surface area contributed by atoms with Crippen LogP contribution >= 0.6 is 0 Å². The van der Waals surface area contributed by atoms with Gasteiger partial charge in [0.1, 0.15) is 0 Å². The van der Waals surface area contributed by atoms with Crippen LogP contribution in [-0.2, 0) is 6.42 Å². The summed E-state index contributed by atoms with van der Waals surface area (Å²) in [4.78, 5) is 5.24. The van der Waals surface area contributed by atoms with Gasteiger partial charge in [0.05, 0.1) is 17.4 Å². The number of fused-ring (bicyclic) bond motifs is 2. The Morgan fingerprint density at radius 2 is 1.11 bits per heavy atom. The molecular formula is C60H56N2. The number of hydrogen-bond donors (Lipinski definition) is 0. The molecule has 62 heavy (non-hydrogen) atoms. The van der Waals surface area contributed by atoms with Gasteiger partial charge in [-0.25, -0.2) is 0 Å². The van der Waals surface area contributed by atoms with Gasteiger partial charge >= 0.3 is 0 Å². The van der Waals surface area contributed by atoms with E-state index in [2.05, 4.69) is 174 Å². The zero-order valence-electron chi connectivity index (χ0n) is 35.9. The van der Waals surface area contributed by atoms with Crippen LogP contribution < -0.4 is 9.80 Å². The van der Waals surface area contributed by atoms with Gasteiger partial charge in [-0.1, -0.05) is 166 Å². The third-order valence-corrected chi connectivity index (χ3v) is 15.2. The Bertz CT molecular complexity index is 3020. The summed E-state index contributed by atoms with van der Waals surface area (Å²) in [5.74, 6) is 1.39. The van der Waals surface area contributed by atoms with Crippen LogP contribution in [0.25, 0.3) is 49.2 Å². The molecular weight excluding hydrogens is 749 g/mol. The van der Waals surface area contributed by atoms with Crippen molar-refractivity contribution in [3.8, 4) is 0 Å². The third-order valence-electron chi connectivity index (χ3n) is 15.2. The number of allylic oxidation sites excluding steroid dienone is 3. The molecule has 1 unspecified atom stereocenters. The highest BCUT2D eigenvalue weighted by atomic mass is 15.2. The quantitative estimate of drug-likeness (QED) is 0.141. The van der Waals surface area contributed by atoms with Gasteiger partial charge in [-0.15, -0.1) is 0 Å². The van der Waals surface area contributed by atoms with E-state index in [-0.39, 0.29) is 6.04 Å². The molecule has 2 fully saturated rings. The van der Waals surface area contributed by atoms with Crippen molar-refractivity contribution in [1.82, 2.24) is 0 Å². The second-order valence-electron chi connectivity index (χ2n) is 18.7. The fourth-order valence-electron chi connectivity index (χ4n) is 12.0. The molecule has 0 aliphatic heterocycles. The molecule has 4 aliphatic rings. The van der Waals surface area contributed by atoms with Crippen LogP contribution in [0.3, 0.4) is 0 Å². The van der Waals surface area contributed by atoms with Crippen LogP contribution in [0.2, 0.25) is 0 Å². The van der Waals surface area contributed by atoms with E-state index in [1.165, 1.54) is 152 Å². The second-order valence-corrected chi connectivity index (χ2v) is 18.7. The summed E-state index contributed by atoms with van der Waals surface area (Å²) in [6.45, 7) is 0. The minimum Gasteiger partial charge on any atom is -0.333 e. The summed E-state index contributed by atoms with van der Waals surface area (Å²) in [7, 11) is 0. The van der Waals surface area contributed by atoms with Crippen molar-refractivity contribution >= 4 is 77.6 Å². The third kappa shape index (κ3) is 6.53. The molecule has 8 aromatic rings. The molecule has 8 aromatic carbocycles.